The predicted octanol–water partition coefficient (Wildman–Crippen LogP) is 3.15. The molecule has 4 nitrogen and oxygen atoms in total. The minimum atomic E-state index is -0.360. The van der Waals surface area contributed by atoms with E-state index in [-0.39, 0.29) is 11.7 Å². The van der Waals surface area contributed by atoms with E-state index in [1.165, 1.54) is 18.2 Å². The third-order valence-corrected chi connectivity index (χ3v) is 2.72. The van der Waals surface area contributed by atoms with Gasteiger partial charge in [0, 0.05) is 23.4 Å². The maximum atomic E-state index is 13.4. The summed E-state index contributed by atoms with van der Waals surface area (Å²) in [5, 5.41) is 9.45. The molecule has 0 atom stereocenters. The Labute approximate surface area is 116 Å². The van der Waals surface area contributed by atoms with E-state index in [0.29, 0.717) is 11.4 Å². The van der Waals surface area contributed by atoms with Crippen LogP contribution in [0.2, 0.25) is 0 Å². The summed E-state index contributed by atoms with van der Waals surface area (Å²) < 4.78 is 13.4. The van der Waals surface area contributed by atoms with Crippen LogP contribution in [0, 0.1) is 5.82 Å². The molecule has 2 aromatic rings. The molecular formula is C15H16FN3O. The number of nitrogens with one attached hydrogen (secondary N) is 2. The molecule has 104 valence electrons. The Morgan fingerprint density at radius 3 is 3.00 bits per heavy atom. The van der Waals surface area contributed by atoms with Crippen LogP contribution in [0.25, 0.3) is 6.08 Å². The van der Waals surface area contributed by atoms with Gasteiger partial charge < -0.3 is 5.32 Å². The van der Waals surface area contributed by atoms with Gasteiger partial charge in [-0.1, -0.05) is 31.5 Å². The first kappa shape index (κ1) is 14.0. The van der Waals surface area contributed by atoms with Crippen molar-refractivity contribution >= 4 is 17.8 Å². The molecule has 0 unspecified atom stereocenters. The largest absolute Gasteiger partial charge is 0.306 e. The molecule has 1 heterocycles. The van der Waals surface area contributed by atoms with Crippen molar-refractivity contribution in [2.24, 2.45) is 0 Å². The highest BCUT2D eigenvalue weighted by molar-refractivity contribution is 6.01. The minimum absolute atomic E-state index is 0.345. The molecule has 2 N–H and O–H groups in total. The lowest BCUT2D eigenvalue weighted by Crippen LogP contribution is -2.07. The summed E-state index contributed by atoms with van der Waals surface area (Å²) in [5.74, 6) is -0.235. The smallest absolute Gasteiger partial charge is 0.249 e. The number of anilines is 1. The first-order chi connectivity index (χ1) is 9.69. The van der Waals surface area contributed by atoms with Crippen LogP contribution in [0.1, 0.15) is 24.6 Å². The van der Waals surface area contributed by atoms with Crippen molar-refractivity contribution in [2.75, 3.05) is 5.32 Å². The molecular weight excluding hydrogens is 257 g/mol. The zero-order valence-electron chi connectivity index (χ0n) is 11.2. The van der Waals surface area contributed by atoms with Crippen LogP contribution in [-0.4, -0.2) is 16.1 Å². The van der Waals surface area contributed by atoms with Crippen LogP contribution in [0.5, 0.6) is 0 Å². The molecule has 1 amide bonds. The third kappa shape index (κ3) is 3.78. The summed E-state index contributed by atoms with van der Waals surface area (Å²) in [6.07, 6.45) is 4.60. The summed E-state index contributed by atoms with van der Waals surface area (Å²) in [5.41, 5.74) is 1.34. The lowest BCUT2D eigenvalue weighted by Gasteiger charge is -1.97. The molecule has 0 fully saturated rings. The number of hydrogen-bond acceptors (Lipinski definition) is 2. The Bertz CT molecular complexity index is 619. The third-order valence-electron chi connectivity index (χ3n) is 2.72. The number of aromatic amines is 1. The van der Waals surface area contributed by atoms with E-state index in [0.717, 1.165) is 18.5 Å². The number of nitrogens with zero attached hydrogens (tertiary/aromatic N) is 1. The van der Waals surface area contributed by atoms with E-state index in [1.807, 2.05) is 0 Å². The fourth-order valence-electron chi connectivity index (χ4n) is 1.77. The second kappa shape index (κ2) is 6.65. The van der Waals surface area contributed by atoms with Crippen molar-refractivity contribution in [1.82, 2.24) is 10.2 Å². The second-order valence-corrected chi connectivity index (χ2v) is 4.37. The van der Waals surface area contributed by atoms with Crippen LogP contribution in [0.3, 0.4) is 0 Å². The van der Waals surface area contributed by atoms with Crippen molar-refractivity contribution in [3.8, 4) is 0 Å². The summed E-state index contributed by atoms with van der Waals surface area (Å²) >= 11 is 0. The molecule has 2 rings (SSSR count). The molecule has 0 radical (unpaired) electrons. The molecule has 0 aliphatic rings. The van der Waals surface area contributed by atoms with E-state index in [9.17, 15) is 9.18 Å². The van der Waals surface area contributed by atoms with Gasteiger partial charge in [0.1, 0.15) is 5.82 Å². The normalized spacial score (nSPS) is 10.9. The van der Waals surface area contributed by atoms with E-state index in [4.69, 9.17) is 0 Å². The molecule has 0 aliphatic carbocycles. The van der Waals surface area contributed by atoms with Crippen molar-refractivity contribution < 1.29 is 9.18 Å². The topological polar surface area (TPSA) is 57.8 Å². The van der Waals surface area contributed by atoms with Crippen molar-refractivity contribution in [3.63, 3.8) is 0 Å². The van der Waals surface area contributed by atoms with Gasteiger partial charge in [0.15, 0.2) is 5.82 Å². The van der Waals surface area contributed by atoms with E-state index < -0.39 is 0 Å². The number of H-pyrrole nitrogens is 1. The Balaban J connectivity index is 1.96. The highest BCUT2D eigenvalue weighted by atomic mass is 19.1. The molecule has 1 aromatic heterocycles. The van der Waals surface area contributed by atoms with Crippen LogP contribution in [0.15, 0.2) is 36.4 Å². The highest BCUT2D eigenvalue weighted by Gasteiger charge is 2.03. The summed E-state index contributed by atoms with van der Waals surface area (Å²) in [4.78, 5) is 11.7. The number of carbonyl (C=O) groups is 1. The zero-order valence-corrected chi connectivity index (χ0v) is 11.2. The first-order valence-electron chi connectivity index (χ1n) is 6.47. The van der Waals surface area contributed by atoms with Crippen LogP contribution in [0.4, 0.5) is 10.2 Å². The number of benzene rings is 1. The van der Waals surface area contributed by atoms with Gasteiger partial charge >= 0.3 is 0 Å². The fraction of sp³-hybridized carbons (Fsp3) is 0.200. The monoisotopic (exact) mass is 273 g/mol. The summed E-state index contributed by atoms with van der Waals surface area (Å²) in [6, 6.07) is 8.06. The van der Waals surface area contributed by atoms with Gasteiger partial charge in [0.25, 0.3) is 0 Å². The lowest BCUT2D eigenvalue weighted by atomic mass is 10.2. The molecule has 0 saturated heterocycles. The maximum absolute atomic E-state index is 13.4. The number of hydrogen-bond donors (Lipinski definition) is 2. The van der Waals surface area contributed by atoms with Gasteiger partial charge in [-0.05, 0) is 18.6 Å². The van der Waals surface area contributed by atoms with Crippen LogP contribution < -0.4 is 5.32 Å². The van der Waals surface area contributed by atoms with Crippen molar-refractivity contribution in [1.29, 1.82) is 0 Å². The number of amides is 1. The van der Waals surface area contributed by atoms with E-state index in [2.05, 4.69) is 22.4 Å². The number of rotatable bonds is 5. The van der Waals surface area contributed by atoms with E-state index in [1.54, 1.807) is 24.3 Å². The van der Waals surface area contributed by atoms with Gasteiger partial charge in [0.2, 0.25) is 5.91 Å². The Kier molecular flexibility index (Phi) is 4.65. The van der Waals surface area contributed by atoms with Gasteiger partial charge in [0.05, 0.1) is 0 Å². The number of aryl methyl sites for hydroxylation is 1. The molecule has 5 heteroatoms. The summed E-state index contributed by atoms with van der Waals surface area (Å²) in [6.45, 7) is 2.07. The lowest BCUT2D eigenvalue weighted by molar-refractivity contribution is -0.111. The Hall–Kier alpha value is -2.43. The summed E-state index contributed by atoms with van der Waals surface area (Å²) in [7, 11) is 0. The van der Waals surface area contributed by atoms with Gasteiger partial charge in [-0.2, -0.15) is 5.10 Å². The van der Waals surface area contributed by atoms with Crippen LogP contribution >= 0.6 is 0 Å². The van der Waals surface area contributed by atoms with Gasteiger partial charge in [-0.15, -0.1) is 0 Å². The quantitative estimate of drug-likeness (QED) is 0.822. The van der Waals surface area contributed by atoms with Crippen molar-refractivity contribution in [2.45, 2.75) is 19.8 Å². The number of halogens is 1. The molecule has 0 spiro atoms. The molecule has 1 aromatic carbocycles. The number of carbonyl (C=O) groups excluding carboxylic acids is 1. The van der Waals surface area contributed by atoms with Crippen LogP contribution in [-0.2, 0) is 11.2 Å². The SMILES string of the molecule is CCCc1cc(NC(=O)/C=C/c2ccccc2F)n[nH]1. The second-order valence-electron chi connectivity index (χ2n) is 4.37. The number of aromatic nitrogens is 2. The molecule has 0 aliphatic heterocycles. The Morgan fingerprint density at radius 1 is 1.45 bits per heavy atom. The first-order valence-corrected chi connectivity index (χ1v) is 6.47. The average Bonchev–Trinajstić information content (AvgIpc) is 2.85. The van der Waals surface area contributed by atoms with Gasteiger partial charge in [-0.25, -0.2) is 4.39 Å². The average molecular weight is 273 g/mol. The molecule has 0 bridgehead atoms. The van der Waals surface area contributed by atoms with Gasteiger partial charge in [-0.3, -0.25) is 9.89 Å². The van der Waals surface area contributed by atoms with Crippen molar-refractivity contribution in [3.05, 3.63) is 53.5 Å². The maximum Gasteiger partial charge on any atom is 0.249 e. The molecule has 20 heavy (non-hydrogen) atoms. The minimum Gasteiger partial charge on any atom is -0.306 e. The van der Waals surface area contributed by atoms with E-state index >= 15 is 0 Å². The fourth-order valence-corrected chi connectivity index (χ4v) is 1.77. The standard InChI is InChI=1S/C15H16FN3O/c1-2-5-12-10-14(19-18-12)17-15(20)9-8-11-6-3-4-7-13(11)16/h3-4,6-10H,2,5H2,1H3,(H2,17,18,19,20)/b9-8+. The zero-order chi connectivity index (χ0) is 14.4. The Morgan fingerprint density at radius 2 is 2.25 bits per heavy atom. The predicted molar refractivity (Wildman–Crippen MR) is 76.6 cm³/mol. The molecule has 0 saturated carbocycles. The highest BCUT2D eigenvalue weighted by Crippen LogP contribution is 2.10.